The quantitative estimate of drug-likeness (QED) is 0.389. The van der Waals surface area contributed by atoms with Crippen molar-refractivity contribution in [1.29, 1.82) is 0 Å². The van der Waals surface area contributed by atoms with Crippen LogP contribution in [0.2, 0.25) is 0 Å². The highest BCUT2D eigenvalue weighted by atomic mass is 16.6. The zero-order valence-corrected chi connectivity index (χ0v) is 17.0. The molecule has 28 heavy (non-hydrogen) atoms. The summed E-state index contributed by atoms with van der Waals surface area (Å²) in [4.78, 5) is 12.0. The number of carbonyl (C=O) groups is 1. The molecule has 2 N–H and O–H groups in total. The van der Waals surface area contributed by atoms with E-state index in [0.29, 0.717) is 5.69 Å². The molecule has 0 atom stereocenters. The highest BCUT2D eigenvalue weighted by Crippen LogP contribution is 2.35. The van der Waals surface area contributed by atoms with Gasteiger partial charge in [0.15, 0.2) is 0 Å². The summed E-state index contributed by atoms with van der Waals surface area (Å²) in [7, 11) is 1.68. The van der Waals surface area contributed by atoms with Gasteiger partial charge in [0.2, 0.25) is 0 Å². The first-order valence-electron chi connectivity index (χ1n) is 9.40. The predicted octanol–water partition coefficient (Wildman–Crippen LogP) is 4.87. The van der Waals surface area contributed by atoms with Gasteiger partial charge in [-0.2, -0.15) is 0 Å². The second-order valence-electron chi connectivity index (χ2n) is 6.95. The number of hydrogen-bond donors (Lipinski definition) is 1. The highest BCUT2D eigenvalue weighted by Gasteiger charge is 2.18. The van der Waals surface area contributed by atoms with Crippen molar-refractivity contribution in [1.82, 2.24) is 4.57 Å². The number of nitrogens with two attached hydrogens (primary N) is 1. The van der Waals surface area contributed by atoms with E-state index in [-0.39, 0.29) is 6.10 Å². The lowest BCUT2D eigenvalue weighted by molar-refractivity contribution is 0.122. The number of benzene rings is 2. The van der Waals surface area contributed by atoms with Gasteiger partial charge in [-0.3, -0.25) is 0 Å². The number of fused-ring (bicyclic) bond motifs is 1. The molecule has 0 saturated carbocycles. The zero-order valence-electron chi connectivity index (χ0n) is 17.0. The summed E-state index contributed by atoms with van der Waals surface area (Å²) in [5, 5.41) is 2.19. The minimum Gasteiger partial charge on any atom is -0.497 e. The Morgan fingerprint density at radius 2 is 1.86 bits per heavy atom. The van der Waals surface area contributed by atoms with Crippen molar-refractivity contribution in [2.24, 2.45) is 5.84 Å². The second kappa shape index (κ2) is 7.94. The molecule has 0 fully saturated rings. The summed E-state index contributed by atoms with van der Waals surface area (Å²) in [6, 6.07) is 13.7. The molecule has 0 aliphatic carbocycles. The summed E-state index contributed by atoms with van der Waals surface area (Å²) < 4.78 is 12.8. The molecular formula is C22H27N3O3. The van der Waals surface area contributed by atoms with Gasteiger partial charge >= 0.3 is 6.09 Å². The molecule has 0 aliphatic heterocycles. The van der Waals surface area contributed by atoms with Crippen molar-refractivity contribution >= 4 is 22.7 Å². The van der Waals surface area contributed by atoms with Crippen LogP contribution in [0, 0.1) is 6.92 Å². The number of hydrogen-bond acceptors (Lipinski definition) is 4. The summed E-state index contributed by atoms with van der Waals surface area (Å²) in [5.41, 5.74) is 5.13. The Labute approximate surface area is 165 Å². The number of amides is 1. The van der Waals surface area contributed by atoms with Crippen molar-refractivity contribution in [3.05, 3.63) is 48.0 Å². The Kier molecular flexibility index (Phi) is 5.61. The number of nitrogens with zero attached hydrogens (tertiary/aromatic N) is 2. The Hall–Kier alpha value is -2.99. The second-order valence-corrected chi connectivity index (χ2v) is 6.95. The Morgan fingerprint density at radius 1 is 1.18 bits per heavy atom. The number of anilines is 1. The van der Waals surface area contributed by atoms with Crippen LogP contribution in [0.15, 0.2) is 42.5 Å². The van der Waals surface area contributed by atoms with E-state index in [0.717, 1.165) is 28.6 Å². The monoisotopic (exact) mass is 381 g/mol. The normalized spacial score (nSPS) is 11.1. The van der Waals surface area contributed by atoms with Crippen LogP contribution in [0.25, 0.3) is 22.2 Å². The molecule has 6 nitrogen and oxygen atoms in total. The van der Waals surface area contributed by atoms with E-state index < -0.39 is 6.09 Å². The molecule has 0 bridgehead atoms. The summed E-state index contributed by atoms with van der Waals surface area (Å²) in [5.74, 6) is 6.74. The van der Waals surface area contributed by atoms with Crippen LogP contribution in [-0.2, 0) is 11.3 Å². The first kappa shape index (κ1) is 19.8. The van der Waals surface area contributed by atoms with Crippen molar-refractivity contribution in [2.45, 2.75) is 40.3 Å². The van der Waals surface area contributed by atoms with Gasteiger partial charge in [0.1, 0.15) is 5.75 Å². The van der Waals surface area contributed by atoms with E-state index in [2.05, 4.69) is 30.5 Å². The molecule has 148 valence electrons. The van der Waals surface area contributed by atoms with Crippen molar-refractivity contribution in [3.8, 4) is 17.0 Å². The van der Waals surface area contributed by atoms with Crippen LogP contribution in [0.5, 0.6) is 5.75 Å². The third-order valence-corrected chi connectivity index (χ3v) is 4.79. The van der Waals surface area contributed by atoms with Gasteiger partial charge in [0.05, 0.1) is 24.6 Å². The number of aromatic nitrogens is 1. The molecule has 1 heterocycles. The molecule has 3 aromatic rings. The topological polar surface area (TPSA) is 69.7 Å². The van der Waals surface area contributed by atoms with Gasteiger partial charge < -0.3 is 14.0 Å². The van der Waals surface area contributed by atoms with Crippen LogP contribution < -0.4 is 15.6 Å². The Bertz CT molecular complexity index is 990. The minimum atomic E-state index is -0.575. The van der Waals surface area contributed by atoms with Gasteiger partial charge in [-0.15, -0.1) is 0 Å². The molecule has 0 aliphatic rings. The lowest BCUT2D eigenvalue weighted by atomic mass is 10.1. The van der Waals surface area contributed by atoms with Gasteiger partial charge in [-0.05, 0) is 69.2 Å². The maximum Gasteiger partial charge on any atom is 0.429 e. The highest BCUT2D eigenvalue weighted by molar-refractivity contribution is 5.93. The average Bonchev–Trinajstić information content (AvgIpc) is 2.98. The molecule has 0 saturated heterocycles. The molecule has 1 amide bonds. The van der Waals surface area contributed by atoms with Crippen molar-refractivity contribution < 1.29 is 14.3 Å². The van der Waals surface area contributed by atoms with Crippen molar-refractivity contribution in [2.75, 3.05) is 12.1 Å². The van der Waals surface area contributed by atoms with Gasteiger partial charge in [-0.1, -0.05) is 12.1 Å². The molecule has 3 rings (SSSR count). The molecule has 6 heteroatoms. The lowest BCUT2D eigenvalue weighted by Crippen LogP contribution is -2.39. The smallest absolute Gasteiger partial charge is 0.429 e. The fourth-order valence-electron chi connectivity index (χ4n) is 3.47. The maximum atomic E-state index is 12.0. The summed E-state index contributed by atoms with van der Waals surface area (Å²) >= 11 is 0. The zero-order chi connectivity index (χ0) is 20.4. The predicted molar refractivity (Wildman–Crippen MR) is 113 cm³/mol. The number of rotatable bonds is 5. The largest absolute Gasteiger partial charge is 0.497 e. The summed E-state index contributed by atoms with van der Waals surface area (Å²) in [6.45, 7) is 8.67. The number of carbonyl (C=O) groups excluding carboxylic acids is 1. The fraction of sp³-hybridized carbons (Fsp3) is 0.318. The van der Waals surface area contributed by atoms with E-state index in [9.17, 15) is 4.79 Å². The molecule has 1 aromatic heterocycles. The van der Waals surface area contributed by atoms with Gasteiger partial charge in [0, 0.05) is 17.4 Å². The molecular weight excluding hydrogens is 354 g/mol. The van der Waals surface area contributed by atoms with Gasteiger partial charge in [0.25, 0.3) is 0 Å². The first-order valence-corrected chi connectivity index (χ1v) is 9.40. The maximum absolute atomic E-state index is 12.0. The van der Waals surface area contributed by atoms with Crippen molar-refractivity contribution in [3.63, 3.8) is 0 Å². The first-order chi connectivity index (χ1) is 13.4. The van der Waals surface area contributed by atoms with Crippen LogP contribution in [0.3, 0.4) is 0 Å². The summed E-state index contributed by atoms with van der Waals surface area (Å²) in [6.07, 6.45) is -0.800. The van der Waals surface area contributed by atoms with E-state index >= 15 is 0 Å². The number of hydrazine groups is 1. The number of methoxy groups -OCH3 is 1. The molecule has 2 aromatic carbocycles. The SMILES string of the molecule is CCn1c(-c2ccc(N(N)C(=O)OC(C)C)cc2)c(C)c2cc(OC)ccc21. The van der Waals surface area contributed by atoms with Crippen LogP contribution in [-0.4, -0.2) is 23.9 Å². The van der Waals surface area contributed by atoms with Crippen LogP contribution >= 0.6 is 0 Å². The standard InChI is InChI=1S/C22H27N3O3/c1-6-24-20-12-11-18(27-5)13-19(20)15(4)21(24)16-7-9-17(10-8-16)25(23)22(26)28-14(2)3/h7-14H,6,23H2,1-5H3. The van der Waals surface area contributed by atoms with Crippen LogP contribution in [0.4, 0.5) is 10.5 Å². The van der Waals surface area contributed by atoms with E-state index in [1.165, 1.54) is 16.5 Å². The molecule has 0 unspecified atom stereocenters. The minimum absolute atomic E-state index is 0.224. The Balaban J connectivity index is 2.01. The Morgan fingerprint density at radius 3 is 2.43 bits per heavy atom. The number of ether oxygens (including phenoxy) is 2. The molecule has 0 spiro atoms. The van der Waals surface area contributed by atoms with Gasteiger partial charge in [-0.25, -0.2) is 15.6 Å². The van der Waals surface area contributed by atoms with E-state index in [1.54, 1.807) is 21.0 Å². The van der Waals surface area contributed by atoms with E-state index in [4.69, 9.17) is 15.3 Å². The molecule has 0 radical (unpaired) electrons. The lowest BCUT2D eigenvalue weighted by Gasteiger charge is -2.18. The number of aryl methyl sites for hydroxylation is 2. The third kappa shape index (κ3) is 3.55. The third-order valence-electron chi connectivity index (χ3n) is 4.79. The fourth-order valence-corrected chi connectivity index (χ4v) is 3.47. The van der Waals surface area contributed by atoms with E-state index in [1.807, 2.05) is 30.3 Å². The van der Waals surface area contributed by atoms with Crippen LogP contribution in [0.1, 0.15) is 26.3 Å². The average molecular weight is 381 g/mol.